The van der Waals surface area contributed by atoms with Crippen LogP contribution in [-0.2, 0) is 9.59 Å². The van der Waals surface area contributed by atoms with Gasteiger partial charge in [-0.15, -0.1) is 0 Å². The number of carboxylic acid groups (broad SMARTS) is 2. The minimum atomic E-state index is -0.810. The van der Waals surface area contributed by atoms with Gasteiger partial charge in [0.1, 0.15) is 0 Å². The molecule has 0 aromatic rings. The van der Waals surface area contributed by atoms with Crippen LogP contribution in [0.15, 0.2) is 36.5 Å². The van der Waals surface area contributed by atoms with Crippen molar-refractivity contribution in [2.24, 2.45) is 0 Å². The SMILES string of the molecule is O=C(O)CC=CCCC=CCCC=CCC(=O)O. The van der Waals surface area contributed by atoms with Crippen molar-refractivity contribution in [2.45, 2.75) is 38.5 Å². The Hall–Kier alpha value is -1.84. The highest BCUT2D eigenvalue weighted by atomic mass is 16.4. The molecule has 0 atom stereocenters. The number of unbranched alkanes of at least 4 members (excludes halogenated alkanes) is 2. The highest BCUT2D eigenvalue weighted by molar-refractivity contribution is 5.68. The van der Waals surface area contributed by atoms with Gasteiger partial charge in [-0.25, -0.2) is 0 Å². The van der Waals surface area contributed by atoms with Crippen LogP contribution in [-0.4, -0.2) is 22.2 Å². The molecule has 0 spiro atoms. The molecule has 0 aromatic carbocycles. The van der Waals surface area contributed by atoms with Gasteiger partial charge in [-0.3, -0.25) is 9.59 Å². The smallest absolute Gasteiger partial charge is 0.307 e. The lowest BCUT2D eigenvalue weighted by Gasteiger charge is -1.89. The molecule has 0 saturated carbocycles. The Morgan fingerprint density at radius 1 is 0.611 bits per heavy atom. The van der Waals surface area contributed by atoms with Gasteiger partial charge in [0, 0.05) is 0 Å². The van der Waals surface area contributed by atoms with Crippen molar-refractivity contribution in [3.63, 3.8) is 0 Å². The number of rotatable bonds is 10. The van der Waals surface area contributed by atoms with Crippen LogP contribution < -0.4 is 0 Å². The number of allylic oxidation sites excluding steroid dienone is 4. The maximum atomic E-state index is 10.2. The second-order valence-electron chi connectivity index (χ2n) is 3.76. The minimum Gasteiger partial charge on any atom is -0.481 e. The maximum absolute atomic E-state index is 10.2. The summed E-state index contributed by atoms with van der Waals surface area (Å²) in [6, 6.07) is 0. The third-order valence-electron chi connectivity index (χ3n) is 2.08. The summed E-state index contributed by atoms with van der Waals surface area (Å²) in [6.07, 6.45) is 14.8. The minimum absolute atomic E-state index is 0.0814. The van der Waals surface area contributed by atoms with E-state index in [1.54, 1.807) is 12.2 Å². The maximum Gasteiger partial charge on any atom is 0.307 e. The summed E-state index contributed by atoms with van der Waals surface area (Å²) in [5.41, 5.74) is 0. The topological polar surface area (TPSA) is 74.6 Å². The molecule has 4 nitrogen and oxygen atoms in total. The van der Waals surface area contributed by atoms with Gasteiger partial charge in [-0.1, -0.05) is 36.5 Å². The van der Waals surface area contributed by atoms with Crippen molar-refractivity contribution in [1.29, 1.82) is 0 Å². The normalized spacial score (nSPS) is 11.8. The van der Waals surface area contributed by atoms with Crippen LogP contribution in [0.1, 0.15) is 38.5 Å². The van der Waals surface area contributed by atoms with Gasteiger partial charge in [0.25, 0.3) is 0 Å². The molecule has 4 heteroatoms. The summed E-state index contributed by atoms with van der Waals surface area (Å²) >= 11 is 0. The third kappa shape index (κ3) is 14.2. The second kappa shape index (κ2) is 11.6. The quantitative estimate of drug-likeness (QED) is 0.462. The molecule has 0 fully saturated rings. The van der Waals surface area contributed by atoms with Crippen LogP contribution in [0.4, 0.5) is 0 Å². The second-order valence-corrected chi connectivity index (χ2v) is 3.76. The van der Waals surface area contributed by atoms with Gasteiger partial charge in [-0.05, 0) is 25.7 Å². The molecule has 0 saturated heterocycles. The Labute approximate surface area is 107 Å². The number of hydrogen-bond donors (Lipinski definition) is 2. The van der Waals surface area contributed by atoms with E-state index in [0.717, 1.165) is 25.7 Å². The molecule has 100 valence electrons. The van der Waals surface area contributed by atoms with Crippen molar-refractivity contribution in [3.8, 4) is 0 Å². The van der Waals surface area contributed by atoms with E-state index in [2.05, 4.69) is 12.2 Å². The summed E-state index contributed by atoms with van der Waals surface area (Å²) in [7, 11) is 0. The van der Waals surface area contributed by atoms with Gasteiger partial charge in [0.2, 0.25) is 0 Å². The van der Waals surface area contributed by atoms with E-state index in [1.807, 2.05) is 12.2 Å². The molecule has 18 heavy (non-hydrogen) atoms. The molecule has 0 aromatic heterocycles. The lowest BCUT2D eigenvalue weighted by atomic mass is 10.2. The van der Waals surface area contributed by atoms with Crippen LogP contribution in [0.3, 0.4) is 0 Å². The molecule has 0 unspecified atom stereocenters. The fraction of sp³-hybridized carbons (Fsp3) is 0.429. The standard InChI is InChI=1S/C14H20O4/c15-13(16)11-9-7-5-3-1-2-4-6-8-10-12-14(17)18/h1-2,7-10H,3-6,11-12H2,(H,15,16)(H,17,18). The molecule has 0 aliphatic carbocycles. The van der Waals surface area contributed by atoms with Crippen molar-refractivity contribution in [2.75, 3.05) is 0 Å². The largest absolute Gasteiger partial charge is 0.481 e. The molecule has 0 heterocycles. The Kier molecular flexibility index (Phi) is 10.4. The number of aliphatic carboxylic acids is 2. The Bertz CT molecular complexity index is 295. The number of carboxylic acids is 2. The predicted molar refractivity (Wildman–Crippen MR) is 70.4 cm³/mol. The Balaban J connectivity index is 3.38. The molecule has 0 amide bonds. The molecule has 0 bridgehead atoms. The Morgan fingerprint density at radius 3 is 1.17 bits per heavy atom. The monoisotopic (exact) mass is 252 g/mol. The molecule has 0 rings (SSSR count). The highest BCUT2D eigenvalue weighted by Gasteiger charge is 1.88. The zero-order valence-corrected chi connectivity index (χ0v) is 10.4. The predicted octanol–water partition coefficient (Wildman–Crippen LogP) is 3.16. The fourth-order valence-corrected chi connectivity index (χ4v) is 1.22. The first-order valence-corrected chi connectivity index (χ1v) is 6.01. The van der Waals surface area contributed by atoms with Crippen LogP contribution >= 0.6 is 0 Å². The average molecular weight is 252 g/mol. The fourth-order valence-electron chi connectivity index (χ4n) is 1.22. The van der Waals surface area contributed by atoms with Crippen LogP contribution in [0.2, 0.25) is 0 Å². The summed E-state index contributed by atoms with van der Waals surface area (Å²) in [6.45, 7) is 0. The van der Waals surface area contributed by atoms with E-state index in [1.165, 1.54) is 0 Å². The van der Waals surface area contributed by atoms with Crippen molar-refractivity contribution >= 4 is 11.9 Å². The lowest BCUT2D eigenvalue weighted by molar-refractivity contribution is -0.137. The average Bonchev–Trinajstić information content (AvgIpc) is 2.29. The van der Waals surface area contributed by atoms with E-state index >= 15 is 0 Å². The Morgan fingerprint density at radius 2 is 0.889 bits per heavy atom. The number of carbonyl (C=O) groups is 2. The molecular weight excluding hydrogens is 232 g/mol. The van der Waals surface area contributed by atoms with Crippen molar-refractivity contribution in [3.05, 3.63) is 36.5 Å². The van der Waals surface area contributed by atoms with Gasteiger partial charge in [0.05, 0.1) is 12.8 Å². The molecule has 0 radical (unpaired) electrons. The first kappa shape index (κ1) is 16.2. The van der Waals surface area contributed by atoms with Crippen molar-refractivity contribution in [1.82, 2.24) is 0 Å². The van der Waals surface area contributed by atoms with E-state index in [0.29, 0.717) is 0 Å². The number of hydrogen-bond acceptors (Lipinski definition) is 2. The summed E-state index contributed by atoms with van der Waals surface area (Å²) in [5.74, 6) is -1.62. The molecule has 0 aliphatic heterocycles. The first-order chi connectivity index (χ1) is 8.63. The first-order valence-electron chi connectivity index (χ1n) is 6.01. The zero-order valence-electron chi connectivity index (χ0n) is 10.4. The summed E-state index contributed by atoms with van der Waals surface area (Å²) in [4.78, 5) is 20.4. The lowest BCUT2D eigenvalue weighted by Crippen LogP contribution is -1.89. The van der Waals surface area contributed by atoms with Gasteiger partial charge in [-0.2, -0.15) is 0 Å². The van der Waals surface area contributed by atoms with Gasteiger partial charge < -0.3 is 10.2 Å². The summed E-state index contributed by atoms with van der Waals surface area (Å²) in [5, 5.41) is 16.8. The van der Waals surface area contributed by atoms with Crippen LogP contribution in [0.25, 0.3) is 0 Å². The van der Waals surface area contributed by atoms with Gasteiger partial charge >= 0.3 is 11.9 Å². The molecule has 2 N–H and O–H groups in total. The summed E-state index contributed by atoms with van der Waals surface area (Å²) < 4.78 is 0. The third-order valence-corrected chi connectivity index (χ3v) is 2.08. The van der Waals surface area contributed by atoms with Gasteiger partial charge in [0.15, 0.2) is 0 Å². The van der Waals surface area contributed by atoms with Crippen LogP contribution in [0, 0.1) is 0 Å². The highest BCUT2D eigenvalue weighted by Crippen LogP contribution is 1.99. The molecule has 0 aliphatic rings. The zero-order chi connectivity index (χ0) is 13.6. The van der Waals surface area contributed by atoms with Crippen molar-refractivity contribution < 1.29 is 19.8 Å². The molecular formula is C14H20O4. The van der Waals surface area contributed by atoms with E-state index in [-0.39, 0.29) is 12.8 Å². The van der Waals surface area contributed by atoms with E-state index in [9.17, 15) is 9.59 Å². The van der Waals surface area contributed by atoms with E-state index < -0.39 is 11.9 Å². The van der Waals surface area contributed by atoms with E-state index in [4.69, 9.17) is 10.2 Å². The van der Waals surface area contributed by atoms with Crippen LogP contribution in [0.5, 0.6) is 0 Å².